The molecule has 1 fully saturated rings. The lowest BCUT2D eigenvalue weighted by Crippen LogP contribution is -2.36. The van der Waals surface area contributed by atoms with Gasteiger partial charge < -0.3 is 14.2 Å². The monoisotopic (exact) mass is 493 g/mol. The molecule has 0 unspecified atom stereocenters. The molecular formula is C23H23N7O4S. The molecule has 1 amide bonds. The van der Waals surface area contributed by atoms with Gasteiger partial charge in [0.15, 0.2) is 0 Å². The summed E-state index contributed by atoms with van der Waals surface area (Å²) in [5, 5.41) is 32.7. The van der Waals surface area contributed by atoms with Crippen LogP contribution in [0.2, 0.25) is 0 Å². The fourth-order valence-electron chi connectivity index (χ4n) is 3.87. The second-order valence-electron chi connectivity index (χ2n) is 8.00. The number of hydrogen-bond acceptors (Lipinski definition) is 9. The zero-order chi connectivity index (χ0) is 25.1. The van der Waals surface area contributed by atoms with E-state index >= 15 is 0 Å². The number of morpholine rings is 1. The molecule has 1 aromatic carbocycles. The van der Waals surface area contributed by atoms with Crippen molar-refractivity contribution in [2.75, 3.05) is 36.5 Å². The van der Waals surface area contributed by atoms with Gasteiger partial charge in [-0.1, -0.05) is 17.4 Å². The Morgan fingerprint density at radius 1 is 1.26 bits per heavy atom. The minimum atomic E-state index is -0.589. The average Bonchev–Trinajstić information content (AvgIpc) is 3.42. The molecule has 4 rings (SSSR count). The van der Waals surface area contributed by atoms with Gasteiger partial charge in [-0.3, -0.25) is 20.2 Å². The minimum absolute atomic E-state index is 0.0132. The summed E-state index contributed by atoms with van der Waals surface area (Å²) in [7, 11) is 0. The molecule has 1 saturated heterocycles. The van der Waals surface area contributed by atoms with Crippen LogP contribution in [-0.4, -0.2) is 51.9 Å². The third-order valence-electron chi connectivity index (χ3n) is 5.70. The lowest BCUT2D eigenvalue weighted by Gasteiger charge is -2.25. The van der Waals surface area contributed by atoms with Crippen molar-refractivity contribution < 1.29 is 14.5 Å². The number of nitrogens with zero attached hydrogens (tertiary/aromatic N) is 6. The van der Waals surface area contributed by atoms with Crippen LogP contribution in [0.1, 0.15) is 22.5 Å². The molecule has 11 nitrogen and oxygen atoms in total. The highest BCUT2D eigenvalue weighted by molar-refractivity contribution is 7.19. The number of benzene rings is 1. The third kappa shape index (κ3) is 5.06. The van der Waals surface area contributed by atoms with E-state index < -0.39 is 10.8 Å². The Hall–Kier alpha value is -4.08. The number of nitrogens with one attached hydrogen (secondary N) is 1. The maximum atomic E-state index is 12.8. The number of carbonyl (C=O) groups is 1. The highest BCUT2D eigenvalue weighted by Gasteiger charge is 2.20. The van der Waals surface area contributed by atoms with Crippen molar-refractivity contribution in [3.05, 3.63) is 62.5 Å². The predicted octanol–water partition coefficient (Wildman–Crippen LogP) is 3.54. The molecule has 0 spiro atoms. The van der Waals surface area contributed by atoms with Gasteiger partial charge in [-0.2, -0.15) is 5.26 Å². The van der Waals surface area contributed by atoms with Crippen molar-refractivity contribution in [2.24, 2.45) is 0 Å². The molecule has 1 aliphatic rings. The first kappa shape index (κ1) is 24.1. The summed E-state index contributed by atoms with van der Waals surface area (Å²) in [5.74, 6) is -0.589. The summed E-state index contributed by atoms with van der Waals surface area (Å²) in [4.78, 5) is 25.7. The number of aromatic nitrogens is 3. The van der Waals surface area contributed by atoms with Crippen LogP contribution in [0.5, 0.6) is 0 Å². The molecule has 0 aliphatic carbocycles. The number of amides is 1. The van der Waals surface area contributed by atoms with Gasteiger partial charge in [0.05, 0.1) is 23.8 Å². The molecule has 0 atom stereocenters. The lowest BCUT2D eigenvalue weighted by molar-refractivity contribution is -0.384. The SMILES string of the molecule is Cc1ccc([N+](=O)[O-])cc1-n1c(C)cc(C=C(C#N)C(=O)Nc2nnc(N3CCOCC3)s2)c1C. The summed E-state index contributed by atoms with van der Waals surface area (Å²) < 4.78 is 7.21. The molecule has 35 heavy (non-hydrogen) atoms. The van der Waals surface area contributed by atoms with E-state index in [0.29, 0.717) is 47.8 Å². The van der Waals surface area contributed by atoms with E-state index in [1.54, 1.807) is 6.07 Å². The highest BCUT2D eigenvalue weighted by atomic mass is 32.1. The van der Waals surface area contributed by atoms with Gasteiger partial charge in [0.1, 0.15) is 11.6 Å². The topological polar surface area (TPSA) is 139 Å². The Morgan fingerprint density at radius 3 is 2.69 bits per heavy atom. The van der Waals surface area contributed by atoms with Gasteiger partial charge in [0, 0.05) is 36.6 Å². The normalized spacial score (nSPS) is 14.0. The van der Waals surface area contributed by atoms with Crippen LogP contribution in [-0.2, 0) is 9.53 Å². The minimum Gasteiger partial charge on any atom is -0.378 e. The van der Waals surface area contributed by atoms with E-state index in [1.165, 1.54) is 29.5 Å². The van der Waals surface area contributed by atoms with Gasteiger partial charge in [0.25, 0.3) is 11.6 Å². The molecule has 12 heteroatoms. The summed E-state index contributed by atoms with van der Waals surface area (Å²) in [5.41, 5.74) is 3.64. The summed E-state index contributed by atoms with van der Waals surface area (Å²) in [6.45, 7) is 8.19. The molecule has 1 N–H and O–H groups in total. The summed E-state index contributed by atoms with van der Waals surface area (Å²) in [6.07, 6.45) is 1.50. The van der Waals surface area contributed by atoms with E-state index in [2.05, 4.69) is 15.5 Å². The maximum Gasteiger partial charge on any atom is 0.271 e. The van der Waals surface area contributed by atoms with Gasteiger partial charge in [0.2, 0.25) is 10.3 Å². The quantitative estimate of drug-likeness (QED) is 0.238. The Balaban J connectivity index is 1.59. The zero-order valence-electron chi connectivity index (χ0n) is 19.4. The van der Waals surface area contributed by atoms with Crippen LogP contribution >= 0.6 is 11.3 Å². The number of nitro benzene ring substituents is 1. The molecular weight excluding hydrogens is 470 g/mol. The number of carbonyl (C=O) groups excluding carboxylic acids is 1. The fraction of sp³-hybridized carbons (Fsp3) is 0.304. The van der Waals surface area contributed by atoms with E-state index in [-0.39, 0.29) is 11.3 Å². The molecule has 180 valence electrons. The number of ether oxygens (including phenoxy) is 1. The van der Waals surface area contributed by atoms with Crippen LogP contribution in [0.25, 0.3) is 11.8 Å². The van der Waals surface area contributed by atoms with E-state index in [1.807, 2.05) is 42.4 Å². The number of hydrogen-bond donors (Lipinski definition) is 1. The lowest BCUT2D eigenvalue weighted by atomic mass is 10.1. The molecule has 0 radical (unpaired) electrons. The van der Waals surface area contributed by atoms with Gasteiger partial charge in [-0.25, -0.2) is 0 Å². The van der Waals surface area contributed by atoms with Crippen molar-refractivity contribution >= 4 is 39.3 Å². The highest BCUT2D eigenvalue weighted by Crippen LogP contribution is 2.28. The number of nitro groups is 1. The van der Waals surface area contributed by atoms with Crippen molar-refractivity contribution in [3.8, 4) is 11.8 Å². The Morgan fingerprint density at radius 2 is 2.00 bits per heavy atom. The zero-order valence-corrected chi connectivity index (χ0v) is 20.3. The number of non-ortho nitro benzene ring substituents is 1. The van der Waals surface area contributed by atoms with Crippen LogP contribution in [0.4, 0.5) is 16.0 Å². The average molecular weight is 494 g/mol. The Labute approximate surface area is 205 Å². The molecule has 0 bridgehead atoms. The Kier molecular flexibility index (Phi) is 6.90. The van der Waals surface area contributed by atoms with E-state index in [4.69, 9.17) is 4.74 Å². The summed E-state index contributed by atoms with van der Waals surface area (Å²) in [6, 6.07) is 8.46. The van der Waals surface area contributed by atoms with E-state index in [0.717, 1.165) is 17.0 Å². The number of anilines is 2. The standard InChI is InChI=1S/C23H23N7O4S/c1-14-4-5-19(30(32)33)12-20(14)29-15(2)10-17(16(29)3)11-18(13-24)21(31)25-22-26-27-23(35-22)28-6-8-34-9-7-28/h4-5,10-12H,6-9H2,1-3H3,(H,25,26,31). The van der Waals surface area contributed by atoms with Crippen LogP contribution < -0.4 is 10.2 Å². The third-order valence-corrected chi connectivity index (χ3v) is 6.60. The fourth-order valence-corrected chi connectivity index (χ4v) is 4.67. The van der Waals surface area contributed by atoms with Crippen LogP contribution in [0, 0.1) is 42.2 Å². The second kappa shape index (κ2) is 10.0. The molecule has 3 heterocycles. The maximum absolute atomic E-state index is 12.8. The van der Waals surface area contributed by atoms with Gasteiger partial charge in [-0.15, -0.1) is 10.2 Å². The second-order valence-corrected chi connectivity index (χ2v) is 8.96. The molecule has 3 aromatic rings. The number of aryl methyl sites for hydroxylation is 2. The molecule has 0 saturated carbocycles. The van der Waals surface area contributed by atoms with Crippen molar-refractivity contribution in [1.82, 2.24) is 14.8 Å². The largest absolute Gasteiger partial charge is 0.378 e. The van der Waals surface area contributed by atoms with Crippen LogP contribution in [0.15, 0.2) is 29.8 Å². The first-order valence-electron chi connectivity index (χ1n) is 10.8. The predicted molar refractivity (Wildman–Crippen MR) is 132 cm³/mol. The van der Waals surface area contributed by atoms with Crippen molar-refractivity contribution in [1.29, 1.82) is 5.26 Å². The molecule has 2 aromatic heterocycles. The van der Waals surface area contributed by atoms with Gasteiger partial charge >= 0.3 is 0 Å². The number of rotatable bonds is 6. The Bertz CT molecular complexity index is 1360. The smallest absolute Gasteiger partial charge is 0.271 e. The number of nitriles is 1. The van der Waals surface area contributed by atoms with E-state index in [9.17, 15) is 20.2 Å². The first-order valence-corrected chi connectivity index (χ1v) is 11.6. The van der Waals surface area contributed by atoms with Crippen molar-refractivity contribution in [3.63, 3.8) is 0 Å². The first-order chi connectivity index (χ1) is 16.8. The van der Waals surface area contributed by atoms with Crippen LogP contribution in [0.3, 0.4) is 0 Å². The van der Waals surface area contributed by atoms with Gasteiger partial charge in [-0.05, 0) is 44.0 Å². The molecule has 1 aliphatic heterocycles. The van der Waals surface area contributed by atoms with Crippen molar-refractivity contribution in [2.45, 2.75) is 20.8 Å². The summed E-state index contributed by atoms with van der Waals surface area (Å²) >= 11 is 1.23.